The van der Waals surface area contributed by atoms with E-state index in [0.717, 1.165) is 87.9 Å². The Labute approximate surface area is 439 Å². The number of hydrogen-bond acceptors (Lipinski definition) is 13. The van der Waals surface area contributed by atoms with Gasteiger partial charge in [-0.3, -0.25) is 39.4 Å². The van der Waals surface area contributed by atoms with Crippen LogP contribution < -0.4 is 25.6 Å². The van der Waals surface area contributed by atoms with E-state index in [1.807, 2.05) is 120 Å². The zero-order valence-corrected chi connectivity index (χ0v) is 43.8. The van der Waals surface area contributed by atoms with Gasteiger partial charge in [-0.15, -0.1) is 0 Å². The fraction of sp³-hybridized carbons (Fsp3) is 0.379. The number of aromatic nitrogens is 4. The lowest BCUT2D eigenvalue weighted by Gasteiger charge is -2.52. The highest BCUT2D eigenvalue weighted by Crippen LogP contribution is 2.52. The van der Waals surface area contributed by atoms with Crippen molar-refractivity contribution in [3.05, 3.63) is 125 Å². The summed E-state index contributed by atoms with van der Waals surface area (Å²) >= 11 is 1.44. The summed E-state index contributed by atoms with van der Waals surface area (Å²) in [6.45, 7) is 11.3. The molecule has 75 heavy (non-hydrogen) atoms. The fourth-order valence-electron chi connectivity index (χ4n) is 11.5. The predicted molar refractivity (Wildman–Crippen MR) is 289 cm³/mol. The number of carbonyl (C=O) groups is 5. The van der Waals surface area contributed by atoms with Crippen LogP contribution in [0.4, 0.5) is 16.6 Å². The molecular weight excluding hydrogens is 967 g/mol. The minimum Gasteiger partial charge on any atom is -0.493 e. The third-order valence-corrected chi connectivity index (χ3v) is 16.2. The van der Waals surface area contributed by atoms with Crippen LogP contribution in [0.5, 0.6) is 5.75 Å². The molecule has 3 aromatic heterocycles. The first-order chi connectivity index (χ1) is 36.0. The largest absolute Gasteiger partial charge is 0.493 e. The van der Waals surface area contributed by atoms with E-state index in [2.05, 4.69) is 41.9 Å². The molecule has 16 nitrogen and oxygen atoms in total. The summed E-state index contributed by atoms with van der Waals surface area (Å²) in [5, 5.41) is 14.5. The molecule has 2 saturated heterocycles. The Kier molecular flexibility index (Phi) is 13.2. The van der Waals surface area contributed by atoms with E-state index < -0.39 is 17.5 Å². The first kappa shape index (κ1) is 49.7. The van der Waals surface area contributed by atoms with E-state index in [1.165, 1.54) is 11.3 Å². The summed E-state index contributed by atoms with van der Waals surface area (Å²) in [6, 6.07) is 29.1. The van der Waals surface area contributed by atoms with Crippen molar-refractivity contribution in [3.8, 4) is 16.9 Å². The quantitative estimate of drug-likeness (QED) is 0.0778. The van der Waals surface area contributed by atoms with Gasteiger partial charge < -0.3 is 19.7 Å². The summed E-state index contributed by atoms with van der Waals surface area (Å²) < 4.78 is 15.1. The smallest absolute Gasteiger partial charge is 0.358 e. The topological polar surface area (TPSA) is 190 Å². The van der Waals surface area contributed by atoms with Crippen molar-refractivity contribution in [2.75, 3.05) is 48.3 Å². The van der Waals surface area contributed by atoms with Crippen LogP contribution in [0.15, 0.2) is 91.0 Å². The first-order valence-electron chi connectivity index (χ1n) is 25.9. The number of para-hydroxylation sites is 1. The molecule has 4 aliphatic rings. The predicted octanol–water partition coefficient (Wildman–Crippen LogP) is 9.35. The number of pyridine rings is 1. The number of amides is 4. The molecule has 0 bridgehead atoms. The molecular formula is C58H61N9O7S. The van der Waals surface area contributed by atoms with Crippen LogP contribution in [0.25, 0.3) is 32.2 Å². The number of benzene rings is 4. The standard InChI is InChI=1S/C58H61N9O7S/c1-34-27-38(73-33-35-29-58(30-35)22-25-66(26-23-58)32-50(69)59-37-13-15-42-46(28-37)65(5)64-51(42)43-18-20-49(68)62-54(43)71)14-16-39(34)40-17-19-48(61-52(40)55(72)74-57(2,3)4)67-24-21-36-9-8-10-41(44(36)31-67)53(70)63-56-60-45-11-6-7-12-47(45)75-56/h6-17,19,27-28,35,43H,18,20-26,29-33H2,1-5H3,(H,59,69)(H,60,63,70)(H,62,68,71). The molecule has 3 fully saturated rings. The van der Waals surface area contributed by atoms with Crippen LogP contribution in [0, 0.1) is 18.3 Å². The number of carbonyl (C=O) groups excluding carboxylic acids is 5. The van der Waals surface area contributed by atoms with E-state index in [0.29, 0.717) is 78.5 Å². The van der Waals surface area contributed by atoms with Gasteiger partial charge in [0.15, 0.2) is 10.8 Å². The number of aryl methyl sites for hydroxylation is 2. The Hall–Kier alpha value is -7.50. The highest BCUT2D eigenvalue weighted by Gasteiger charge is 2.46. The molecule has 0 radical (unpaired) electrons. The Balaban J connectivity index is 0.691. The highest BCUT2D eigenvalue weighted by atomic mass is 32.1. The molecule has 4 aromatic carbocycles. The van der Waals surface area contributed by atoms with E-state index in [9.17, 15) is 24.0 Å². The number of anilines is 3. The number of thiazole rings is 1. The number of ether oxygens (including phenoxy) is 2. The number of rotatable bonds is 12. The lowest BCUT2D eigenvalue weighted by molar-refractivity contribution is -0.134. The SMILES string of the molecule is Cc1cc(OCC2CC3(CCN(CC(=O)Nc4ccc5c(C6CCC(=O)NC6=O)nn(C)c5c4)CC3)C2)ccc1-c1ccc(N2CCc3cccc(C(=O)Nc4nc5ccccc5s4)c3C2)nc1C(=O)OC(C)(C)C. The van der Waals surface area contributed by atoms with Gasteiger partial charge in [0.25, 0.3) is 5.91 Å². The summed E-state index contributed by atoms with van der Waals surface area (Å²) in [4.78, 5) is 79.3. The number of imide groups is 1. The molecule has 1 saturated carbocycles. The second-order valence-corrected chi connectivity index (χ2v) is 22.8. The molecule has 3 N–H and O–H groups in total. The Morgan fingerprint density at radius 1 is 0.880 bits per heavy atom. The van der Waals surface area contributed by atoms with Gasteiger partial charge in [0.05, 0.1) is 40.5 Å². The van der Waals surface area contributed by atoms with Crippen LogP contribution >= 0.6 is 11.3 Å². The van der Waals surface area contributed by atoms with Gasteiger partial charge in [0.2, 0.25) is 17.7 Å². The minimum absolute atomic E-state index is 0.0719. The van der Waals surface area contributed by atoms with Crippen LogP contribution in [0.2, 0.25) is 0 Å². The number of esters is 1. The Bertz CT molecular complexity index is 3380. The summed E-state index contributed by atoms with van der Waals surface area (Å²) in [6.07, 6.45) is 5.67. The van der Waals surface area contributed by atoms with Gasteiger partial charge in [-0.2, -0.15) is 5.10 Å². The van der Waals surface area contributed by atoms with Crippen molar-refractivity contribution >= 4 is 78.7 Å². The molecule has 11 rings (SSSR count). The molecule has 3 aliphatic heterocycles. The molecule has 6 heterocycles. The molecule has 7 aromatic rings. The lowest BCUT2D eigenvalue weighted by atomic mass is 9.58. The Morgan fingerprint density at radius 2 is 1.68 bits per heavy atom. The van der Waals surface area contributed by atoms with Gasteiger partial charge in [0, 0.05) is 48.8 Å². The summed E-state index contributed by atoms with van der Waals surface area (Å²) in [7, 11) is 1.82. The van der Waals surface area contributed by atoms with E-state index >= 15 is 0 Å². The number of nitrogens with one attached hydrogen (secondary N) is 3. The number of fused-ring (bicyclic) bond motifs is 3. The molecule has 17 heteroatoms. The van der Waals surface area contributed by atoms with Crippen molar-refractivity contribution in [2.24, 2.45) is 18.4 Å². The molecule has 4 amide bonds. The molecule has 386 valence electrons. The fourth-order valence-corrected chi connectivity index (χ4v) is 12.4. The van der Waals surface area contributed by atoms with Crippen molar-refractivity contribution in [1.82, 2.24) is 30.0 Å². The third-order valence-electron chi connectivity index (χ3n) is 15.3. The van der Waals surface area contributed by atoms with Gasteiger partial charge >= 0.3 is 5.97 Å². The molecule has 1 unspecified atom stereocenters. The van der Waals surface area contributed by atoms with Gasteiger partial charge in [-0.05, 0) is 174 Å². The van der Waals surface area contributed by atoms with Crippen molar-refractivity contribution < 1.29 is 33.4 Å². The summed E-state index contributed by atoms with van der Waals surface area (Å²) in [5.41, 5.74) is 7.80. The molecule has 1 aliphatic carbocycles. The normalized spacial score (nSPS) is 17.9. The average molecular weight is 1030 g/mol. The van der Waals surface area contributed by atoms with Crippen molar-refractivity contribution in [3.63, 3.8) is 0 Å². The number of nitrogens with zero attached hydrogens (tertiary/aromatic N) is 6. The van der Waals surface area contributed by atoms with Crippen LogP contribution in [-0.4, -0.2) is 92.6 Å². The van der Waals surface area contributed by atoms with Crippen molar-refractivity contribution in [2.45, 2.75) is 90.7 Å². The highest BCUT2D eigenvalue weighted by molar-refractivity contribution is 7.22. The molecule has 1 spiro atoms. The second kappa shape index (κ2) is 20.0. The number of hydrogen-bond donors (Lipinski definition) is 3. The maximum absolute atomic E-state index is 14.0. The number of likely N-dealkylation sites (tertiary alicyclic amines) is 1. The van der Waals surface area contributed by atoms with Crippen LogP contribution in [0.3, 0.4) is 0 Å². The zero-order valence-electron chi connectivity index (χ0n) is 43.0. The maximum Gasteiger partial charge on any atom is 0.358 e. The monoisotopic (exact) mass is 1030 g/mol. The average Bonchev–Trinajstić information content (AvgIpc) is 3.94. The second-order valence-electron chi connectivity index (χ2n) is 21.8. The van der Waals surface area contributed by atoms with Gasteiger partial charge in [0.1, 0.15) is 17.2 Å². The third kappa shape index (κ3) is 10.5. The van der Waals surface area contributed by atoms with E-state index in [-0.39, 0.29) is 41.2 Å². The minimum atomic E-state index is -0.740. The maximum atomic E-state index is 14.0. The first-order valence-corrected chi connectivity index (χ1v) is 26.7. The summed E-state index contributed by atoms with van der Waals surface area (Å²) in [5.74, 6) is -0.0305. The van der Waals surface area contributed by atoms with Gasteiger partial charge in [-0.25, -0.2) is 14.8 Å². The van der Waals surface area contributed by atoms with Gasteiger partial charge in [-0.1, -0.05) is 41.7 Å². The zero-order chi connectivity index (χ0) is 52.2. The van der Waals surface area contributed by atoms with E-state index in [1.54, 1.807) is 4.68 Å². The number of piperidine rings is 2. The van der Waals surface area contributed by atoms with Crippen LogP contribution in [-0.2, 0) is 39.1 Å². The molecule has 1 atom stereocenters. The van der Waals surface area contributed by atoms with Crippen LogP contribution in [0.1, 0.15) is 108 Å². The Morgan fingerprint density at radius 3 is 2.45 bits per heavy atom. The lowest BCUT2D eigenvalue weighted by Crippen LogP contribution is -2.49. The van der Waals surface area contributed by atoms with E-state index in [4.69, 9.17) is 14.5 Å². The van der Waals surface area contributed by atoms with Crippen molar-refractivity contribution in [1.29, 1.82) is 0 Å².